The van der Waals surface area contributed by atoms with Crippen molar-refractivity contribution in [3.05, 3.63) is 33.3 Å². The number of thiazole rings is 1. The number of methoxy groups -OCH3 is 3. The first-order valence-electron chi connectivity index (χ1n) is 8.68. The molecule has 8 heteroatoms. The summed E-state index contributed by atoms with van der Waals surface area (Å²) in [5.74, 6) is 2.79. The van der Waals surface area contributed by atoms with Gasteiger partial charge in [0.1, 0.15) is 17.2 Å². The van der Waals surface area contributed by atoms with E-state index in [4.69, 9.17) is 14.2 Å². The Labute approximate surface area is 164 Å². The highest BCUT2D eigenvalue weighted by Crippen LogP contribution is 2.33. The zero-order valence-electron chi connectivity index (χ0n) is 16.8. The molecule has 7 nitrogen and oxygen atoms in total. The van der Waals surface area contributed by atoms with E-state index in [0.29, 0.717) is 29.8 Å². The number of aromatic nitrogens is 1. The fourth-order valence-corrected chi connectivity index (χ4v) is 3.51. The molecule has 2 N–H and O–H groups in total. The maximum absolute atomic E-state index is 5.48. The molecule has 0 spiro atoms. The van der Waals surface area contributed by atoms with Crippen LogP contribution in [0.15, 0.2) is 17.1 Å². The second kappa shape index (κ2) is 10.0. The van der Waals surface area contributed by atoms with Gasteiger partial charge in [-0.3, -0.25) is 4.99 Å². The Morgan fingerprint density at radius 2 is 1.74 bits per heavy atom. The molecule has 1 aromatic heterocycles. The van der Waals surface area contributed by atoms with Gasteiger partial charge in [-0.05, 0) is 13.8 Å². The van der Waals surface area contributed by atoms with Crippen LogP contribution in [-0.2, 0) is 13.0 Å². The molecular weight excluding hydrogens is 364 g/mol. The minimum atomic E-state index is 0.505. The molecule has 0 aliphatic rings. The van der Waals surface area contributed by atoms with Crippen LogP contribution in [0.3, 0.4) is 0 Å². The Morgan fingerprint density at radius 3 is 2.22 bits per heavy atom. The number of rotatable bonds is 8. The summed E-state index contributed by atoms with van der Waals surface area (Å²) in [5.41, 5.74) is 2.01. The number of aryl methyl sites for hydroxylation is 2. The predicted octanol–water partition coefficient (Wildman–Crippen LogP) is 2.69. The van der Waals surface area contributed by atoms with Crippen LogP contribution in [-0.4, -0.2) is 45.9 Å². The number of nitrogens with one attached hydrogen (secondary N) is 2. The smallest absolute Gasteiger partial charge is 0.191 e. The first-order valence-corrected chi connectivity index (χ1v) is 9.50. The summed E-state index contributed by atoms with van der Waals surface area (Å²) >= 11 is 1.74. The normalized spacial score (nSPS) is 11.3. The summed E-state index contributed by atoms with van der Waals surface area (Å²) in [7, 11) is 6.62. The van der Waals surface area contributed by atoms with Gasteiger partial charge in [0.05, 0.1) is 44.1 Å². The highest BCUT2D eigenvalue weighted by atomic mass is 32.1. The molecule has 0 aliphatic carbocycles. The van der Waals surface area contributed by atoms with E-state index in [9.17, 15) is 0 Å². The maximum Gasteiger partial charge on any atom is 0.191 e. The van der Waals surface area contributed by atoms with Gasteiger partial charge < -0.3 is 24.8 Å². The van der Waals surface area contributed by atoms with Crippen LogP contribution in [0.4, 0.5) is 0 Å². The molecule has 1 heterocycles. The lowest BCUT2D eigenvalue weighted by Gasteiger charge is -2.17. The molecule has 0 unspecified atom stereocenters. The van der Waals surface area contributed by atoms with E-state index in [0.717, 1.165) is 29.2 Å². The van der Waals surface area contributed by atoms with Crippen molar-refractivity contribution in [2.45, 2.75) is 26.8 Å². The molecule has 0 saturated heterocycles. The van der Waals surface area contributed by atoms with E-state index in [1.54, 1.807) is 39.7 Å². The van der Waals surface area contributed by atoms with Crippen molar-refractivity contribution in [3.8, 4) is 17.2 Å². The predicted molar refractivity (Wildman–Crippen MR) is 110 cm³/mol. The maximum atomic E-state index is 5.48. The minimum absolute atomic E-state index is 0.505. The Morgan fingerprint density at radius 1 is 1.07 bits per heavy atom. The SMILES string of the molecule is CN=C(NCCc1nc(C)c(C)s1)NCc1c(OC)cc(OC)cc1OC. The van der Waals surface area contributed by atoms with Gasteiger partial charge in [0.2, 0.25) is 0 Å². The van der Waals surface area contributed by atoms with Crippen LogP contribution in [0.1, 0.15) is 21.1 Å². The zero-order valence-corrected chi connectivity index (χ0v) is 17.6. The molecule has 27 heavy (non-hydrogen) atoms. The van der Waals surface area contributed by atoms with Gasteiger partial charge in [-0.15, -0.1) is 11.3 Å². The van der Waals surface area contributed by atoms with Crippen LogP contribution in [0, 0.1) is 13.8 Å². The monoisotopic (exact) mass is 392 g/mol. The lowest BCUT2D eigenvalue weighted by Crippen LogP contribution is -2.38. The second-order valence-electron chi connectivity index (χ2n) is 5.86. The first-order chi connectivity index (χ1) is 13.0. The van der Waals surface area contributed by atoms with E-state index in [1.165, 1.54) is 4.88 Å². The average molecular weight is 393 g/mol. The standard InChI is InChI=1S/C19H28N4O3S/c1-12-13(2)27-18(23-12)7-8-21-19(20-3)22-11-15-16(25-5)9-14(24-4)10-17(15)26-6/h9-10H,7-8,11H2,1-6H3,(H2,20,21,22). The average Bonchev–Trinajstić information content (AvgIpc) is 3.01. The lowest BCUT2D eigenvalue weighted by atomic mass is 10.1. The molecule has 0 bridgehead atoms. The summed E-state index contributed by atoms with van der Waals surface area (Å²) in [5, 5.41) is 7.74. The van der Waals surface area contributed by atoms with Crippen molar-refractivity contribution in [3.63, 3.8) is 0 Å². The van der Waals surface area contributed by atoms with E-state index in [-0.39, 0.29) is 0 Å². The number of aliphatic imine (C=N–C) groups is 1. The van der Waals surface area contributed by atoms with Crippen molar-refractivity contribution in [2.24, 2.45) is 4.99 Å². The Balaban J connectivity index is 1.97. The molecule has 0 atom stereocenters. The van der Waals surface area contributed by atoms with Crippen molar-refractivity contribution in [2.75, 3.05) is 34.9 Å². The Kier molecular flexibility index (Phi) is 7.72. The molecule has 0 radical (unpaired) electrons. The Bertz CT molecular complexity index is 745. The molecular formula is C19H28N4O3S. The van der Waals surface area contributed by atoms with Gasteiger partial charge in [0, 0.05) is 37.0 Å². The van der Waals surface area contributed by atoms with Crippen LogP contribution >= 0.6 is 11.3 Å². The lowest BCUT2D eigenvalue weighted by molar-refractivity contribution is 0.368. The second-order valence-corrected chi connectivity index (χ2v) is 7.15. The van der Waals surface area contributed by atoms with Crippen LogP contribution < -0.4 is 24.8 Å². The highest BCUT2D eigenvalue weighted by Gasteiger charge is 2.14. The molecule has 0 amide bonds. The third-order valence-corrected chi connectivity index (χ3v) is 5.31. The largest absolute Gasteiger partial charge is 0.496 e. The highest BCUT2D eigenvalue weighted by molar-refractivity contribution is 7.11. The molecule has 0 aliphatic heterocycles. The third-order valence-electron chi connectivity index (χ3n) is 4.18. The molecule has 2 rings (SSSR count). The van der Waals surface area contributed by atoms with Gasteiger partial charge in [0.25, 0.3) is 0 Å². The quantitative estimate of drug-likeness (QED) is 0.531. The van der Waals surface area contributed by atoms with Gasteiger partial charge in [-0.25, -0.2) is 4.98 Å². The number of guanidine groups is 1. The Hall–Kier alpha value is -2.48. The summed E-state index contributed by atoms with van der Waals surface area (Å²) in [6.45, 7) is 5.40. The zero-order chi connectivity index (χ0) is 19.8. The third kappa shape index (κ3) is 5.50. The number of hydrogen-bond donors (Lipinski definition) is 2. The molecule has 148 valence electrons. The molecule has 0 fully saturated rings. The number of ether oxygens (including phenoxy) is 3. The topological polar surface area (TPSA) is 77.0 Å². The number of hydrogen-bond acceptors (Lipinski definition) is 6. The minimum Gasteiger partial charge on any atom is -0.496 e. The van der Waals surface area contributed by atoms with E-state index in [2.05, 4.69) is 27.5 Å². The van der Waals surface area contributed by atoms with Crippen molar-refractivity contribution >= 4 is 17.3 Å². The summed E-state index contributed by atoms with van der Waals surface area (Å²) < 4.78 is 16.2. The van der Waals surface area contributed by atoms with Crippen molar-refractivity contribution in [1.29, 1.82) is 0 Å². The van der Waals surface area contributed by atoms with E-state index < -0.39 is 0 Å². The number of nitrogens with zero attached hydrogens (tertiary/aromatic N) is 2. The van der Waals surface area contributed by atoms with Crippen molar-refractivity contribution < 1.29 is 14.2 Å². The van der Waals surface area contributed by atoms with Crippen LogP contribution in [0.2, 0.25) is 0 Å². The van der Waals surface area contributed by atoms with Crippen LogP contribution in [0.25, 0.3) is 0 Å². The van der Waals surface area contributed by atoms with Gasteiger partial charge in [-0.2, -0.15) is 0 Å². The first kappa shape index (κ1) is 20.8. The molecule has 2 aromatic rings. The summed E-state index contributed by atoms with van der Waals surface area (Å²) in [6.07, 6.45) is 0.856. The summed E-state index contributed by atoms with van der Waals surface area (Å²) in [4.78, 5) is 10.1. The van der Waals surface area contributed by atoms with Gasteiger partial charge in [0.15, 0.2) is 5.96 Å². The molecule has 1 aromatic carbocycles. The van der Waals surface area contributed by atoms with Gasteiger partial charge >= 0.3 is 0 Å². The van der Waals surface area contributed by atoms with E-state index in [1.807, 2.05) is 19.1 Å². The van der Waals surface area contributed by atoms with Crippen molar-refractivity contribution in [1.82, 2.24) is 15.6 Å². The van der Waals surface area contributed by atoms with E-state index >= 15 is 0 Å². The molecule has 0 saturated carbocycles. The fraction of sp³-hybridized carbons (Fsp3) is 0.474. The summed E-state index contributed by atoms with van der Waals surface area (Å²) in [6, 6.07) is 3.67. The van der Waals surface area contributed by atoms with Crippen LogP contribution in [0.5, 0.6) is 17.2 Å². The fourth-order valence-electron chi connectivity index (χ4n) is 2.58. The van der Waals surface area contributed by atoms with Gasteiger partial charge in [-0.1, -0.05) is 0 Å². The number of benzene rings is 1.